The van der Waals surface area contributed by atoms with Crippen LogP contribution in [0.2, 0.25) is 0 Å². The highest BCUT2D eigenvalue weighted by Crippen LogP contribution is 2.32. The van der Waals surface area contributed by atoms with E-state index in [0.29, 0.717) is 54.8 Å². The molecular formula is C30H32F3N7O2. The van der Waals surface area contributed by atoms with Crippen LogP contribution in [0.5, 0.6) is 0 Å². The Balaban J connectivity index is 1.58. The topological polar surface area (TPSA) is 109 Å². The molecule has 12 heteroatoms. The highest BCUT2D eigenvalue weighted by atomic mass is 19.4. The van der Waals surface area contributed by atoms with Gasteiger partial charge in [-0.2, -0.15) is 18.2 Å². The van der Waals surface area contributed by atoms with Crippen molar-refractivity contribution in [1.29, 1.82) is 0 Å². The van der Waals surface area contributed by atoms with Crippen LogP contribution < -0.4 is 10.2 Å². The molecule has 0 unspecified atom stereocenters. The molecule has 9 nitrogen and oxygen atoms in total. The highest BCUT2D eigenvalue weighted by molar-refractivity contribution is 5.91. The Morgan fingerprint density at radius 1 is 1.14 bits per heavy atom. The normalized spacial score (nSPS) is 13.6. The first kappa shape index (κ1) is 29.0. The molecule has 0 amide bonds. The Hall–Kier alpha value is -4.48. The number of anilines is 2. The van der Waals surface area contributed by atoms with E-state index >= 15 is 0 Å². The fourth-order valence-corrected chi connectivity index (χ4v) is 5.02. The van der Waals surface area contributed by atoms with E-state index in [-0.39, 0.29) is 18.0 Å². The lowest BCUT2D eigenvalue weighted by Crippen LogP contribution is -2.29. The summed E-state index contributed by atoms with van der Waals surface area (Å²) < 4.78 is 41.5. The number of carboxylic acid groups (broad SMARTS) is 1. The van der Waals surface area contributed by atoms with Crippen LogP contribution >= 0.6 is 0 Å². The summed E-state index contributed by atoms with van der Waals surface area (Å²) in [5.41, 5.74) is 1.41. The van der Waals surface area contributed by atoms with Gasteiger partial charge in [0.25, 0.3) is 0 Å². The first-order valence-corrected chi connectivity index (χ1v) is 13.9. The Labute approximate surface area is 241 Å². The third-order valence-electron chi connectivity index (χ3n) is 7.46. The molecule has 1 aliphatic carbocycles. The molecule has 0 atom stereocenters. The maximum atomic E-state index is 13.2. The Morgan fingerprint density at radius 2 is 1.93 bits per heavy atom. The Bertz CT molecular complexity index is 1530. The molecule has 3 heterocycles. The number of carbonyl (C=O) groups is 1. The zero-order valence-electron chi connectivity index (χ0n) is 23.0. The number of hydrogen-bond acceptors (Lipinski definition) is 7. The number of carboxylic acids is 1. The summed E-state index contributed by atoms with van der Waals surface area (Å²) in [6, 6.07) is 10.6. The lowest BCUT2D eigenvalue weighted by atomic mass is 9.83. The van der Waals surface area contributed by atoms with E-state index in [2.05, 4.69) is 26.8 Å². The molecule has 1 fully saturated rings. The van der Waals surface area contributed by atoms with Gasteiger partial charge in [-0.05, 0) is 42.2 Å². The lowest BCUT2D eigenvalue weighted by molar-refractivity contribution is -0.137. The van der Waals surface area contributed by atoms with Crippen LogP contribution in [0.25, 0.3) is 11.2 Å². The molecule has 0 aliphatic heterocycles. The fraction of sp³-hybridized carbons (Fsp3) is 0.367. The van der Waals surface area contributed by atoms with Crippen molar-refractivity contribution in [2.75, 3.05) is 29.9 Å². The van der Waals surface area contributed by atoms with E-state index in [1.807, 2.05) is 27.7 Å². The predicted molar refractivity (Wildman–Crippen MR) is 154 cm³/mol. The Kier molecular flexibility index (Phi) is 8.69. The van der Waals surface area contributed by atoms with Gasteiger partial charge < -0.3 is 19.9 Å². The largest absolute Gasteiger partial charge is 0.475 e. The molecule has 4 aromatic rings. The van der Waals surface area contributed by atoms with E-state index in [1.54, 1.807) is 12.3 Å². The van der Waals surface area contributed by atoms with Gasteiger partial charge in [0.2, 0.25) is 11.8 Å². The van der Waals surface area contributed by atoms with Crippen molar-refractivity contribution in [2.45, 2.75) is 44.8 Å². The molecule has 3 aromatic heterocycles. The molecule has 2 N–H and O–H groups in total. The van der Waals surface area contributed by atoms with Crippen LogP contribution in [0.3, 0.4) is 0 Å². The standard InChI is InChI=1S/C30H32F3N7O2/c1-2-17-39(18-14-23-8-3-4-15-34-23)29-38-26-24(40(29)19-21-9-11-22(12-10-21)30(31,32)33)25(36-27(37-26)28(41)42)35-16-13-20-6-5-7-20/h2-4,8-12,15,20H,1,5-7,13-14,16-19H2,(H,41,42)(H,35,36,37). The third kappa shape index (κ3) is 6.69. The van der Waals surface area contributed by atoms with Crippen molar-refractivity contribution in [3.05, 3.63) is 84.0 Å². The second kappa shape index (κ2) is 12.6. The number of nitrogens with one attached hydrogen (secondary N) is 1. The van der Waals surface area contributed by atoms with Gasteiger partial charge in [-0.25, -0.2) is 14.8 Å². The minimum atomic E-state index is -4.45. The number of nitrogens with zero attached hydrogens (tertiary/aromatic N) is 6. The van der Waals surface area contributed by atoms with E-state index in [0.717, 1.165) is 24.2 Å². The zero-order chi connectivity index (χ0) is 29.7. The van der Waals surface area contributed by atoms with Gasteiger partial charge in [0, 0.05) is 37.9 Å². The number of fused-ring (bicyclic) bond motifs is 1. The van der Waals surface area contributed by atoms with E-state index < -0.39 is 17.7 Å². The van der Waals surface area contributed by atoms with E-state index in [4.69, 9.17) is 4.98 Å². The number of hydrogen-bond donors (Lipinski definition) is 2. The monoisotopic (exact) mass is 579 g/mol. The summed E-state index contributed by atoms with van der Waals surface area (Å²) in [4.78, 5) is 31.6. The fourth-order valence-electron chi connectivity index (χ4n) is 5.02. The van der Waals surface area contributed by atoms with Crippen molar-refractivity contribution in [1.82, 2.24) is 24.5 Å². The zero-order valence-corrected chi connectivity index (χ0v) is 23.0. The van der Waals surface area contributed by atoms with Crippen molar-refractivity contribution >= 4 is 28.9 Å². The molecule has 1 saturated carbocycles. The first-order chi connectivity index (χ1) is 20.2. The number of imidazole rings is 1. The second-order valence-electron chi connectivity index (χ2n) is 10.4. The molecule has 0 saturated heterocycles. The number of aromatic nitrogens is 5. The molecule has 5 rings (SSSR count). The van der Waals surface area contributed by atoms with Crippen LogP contribution in [0, 0.1) is 5.92 Å². The van der Waals surface area contributed by atoms with E-state index in [9.17, 15) is 23.1 Å². The molecule has 0 radical (unpaired) electrons. The maximum Gasteiger partial charge on any atom is 0.416 e. The first-order valence-electron chi connectivity index (χ1n) is 13.9. The van der Waals surface area contributed by atoms with Crippen LogP contribution in [-0.2, 0) is 19.1 Å². The number of aromatic carboxylic acids is 1. The molecule has 0 spiro atoms. The second-order valence-corrected chi connectivity index (χ2v) is 10.4. The minimum absolute atomic E-state index is 0.161. The van der Waals surface area contributed by atoms with E-state index in [1.165, 1.54) is 31.4 Å². The van der Waals surface area contributed by atoms with Gasteiger partial charge in [-0.15, -0.1) is 6.58 Å². The number of benzene rings is 1. The van der Waals surface area contributed by atoms with Crippen LogP contribution in [0.15, 0.2) is 61.3 Å². The van der Waals surface area contributed by atoms with Crippen molar-refractivity contribution in [2.24, 2.45) is 5.92 Å². The minimum Gasteiger partial charge on any atom is -0.475 e. The van der Waals surface area contributed by atoms with Crippen molar-refractivity contribution < 1.29 is 23.1 Å². The highest BCUT2D eigenvalue weighted by Gasteiger charge is 2.30. The third-order valence-corrected chi connectivity index (χ3v) is 7.46. The summed E-state index contributed by atoms with van der Waals surface area (Å²) >= 11 is 0. The number of rotatable bonds is 13. The van der Waals surface area contributed by atoms with Gasteiger partial charge in [0.1, 0.15) is 5.52 Å². The van der Waals surface area contributed by atoms with Gasteiger partial charge in [-0.1, -0.05) is 43.5 Å². The summed E-state index contributed by atoms with van der Waals surface area (Å²) in [6.45, 7) is 5.55. The smallest absolute Gasteiger partial charge is 0.416 e. The number of alkyl halides is 3. The summed E-state index contributed by atoms with van der Waals surface area (Å²) in [6.07, 6.45) is 4.07. The van der Waals surface area contributed by atoms with Gasteiger partial charge in [0.05, 0.1) is 12.1 Å². The van der Waals surface area contributed by atoms with Crippen LogP contribution in [0.4, 0.5) is 24.9 Å². The van der Waals surface area contributed by atoms with Crippen LogP contribution in [0.1, 0.15) is 53.1 Å². The lowest BCUT2D eigenvalue weighted by Gasteiger charge is -2.25. The quantitative estimate of drug-likeness (QED) is 0.191. The summed E-state index contributed by atoms with van der Waals surface area (Å²) in [7, 11) is 0. The molecule has 42 heavy (non-hydrogen) atoms. The maximum absolute atomic E-state index is 13.2. The number of pyridine rings is 1. The molecule has 220 valence electrons. The molecular weight excluding hydrogens is 547 g/mol. The predicted octanol–water partition coefficient (Wildman–Crippen LogP) is 5.82. The average molecular weight is 580 g/mol. The summed E-state index contributed by atoms with van der Waals surface area (Å²) in [5.74, 6) is -0.250. The molecule has 1 aliphatic rings. The molecule has 1 aromatic carbocycles. The van der Waals surface area contributed by atoms with Gasteiger partial charge in [-0.3, -0.25) is 4.98 Å². The SMILES string of the molecule is C=CCN(CCc1ccccn1)c1nc2nc(C(=O)O)nc(NCCC3CCC3)c2n1Cc1ccc(C(F)(F)F)cc1. The summed E-state index contributed by atoms with van der Waals surface area (Å²) in [5, 5.41) is 13.0. The molecule has 0 bridgehead atoms. The number of halogens is 3. The van der Waals surface area contributed by atoms with Crippen molar-refractivity contribution in [3.63, 3.8) is 0 Å². The van der Waals surface area contributed by atoms with Crippen molar-refractivity contribution in [3.8, 4) is 0 Å². The van der Waals surface area contributed by atoms with Gasteiger partial charge in [0.15, 0.2) is 11.5 Å². The Morgan fingerprint density at radius 3 is 2.55 bits per heavy atom. The average Bonchev–Trinajstić information content (AvgIpc) is 3.30. The van der Waals surface area contributed by atoms with Gasteiger partial charge >= 0.3 is 12.1 Å². The van der Waals surface area contributed by atoms with Crippen LogP contribution in [-0.4, -0.2) is 55.2 Å².